The lowest BCUT2D eigenvalue weighted by molar-refractivity contribution is -0.141. The van der Waals surface area contributed by atoms with Crippen LogP contribution in [-0.4, -0.2) is 30.3 Å². The summed E-state index contributed by atoms with van der Waals surface area (Å²) >= 11 is 0. The van der Waals surface area contributed by atoms with Crippen molar-refractivity contribution < 1.29 is 14.0 Å². The van der Waals surface area contributed by atoms with Crippen LogP contribution < -0.4 is 5.32 Å². The monoisotopic (exact) mass is 306 g/mol. The van der Waals surface area contributed by atoms with Gasteiger partial charge in [-0.2, -0.15) is 0 Å². The number of unbranched alkanes of at least 4 members (excludes halogenated alkanes) is 1. The van der Waals surface area contributed by atoms with Crippen LogP contribution in [0.2, 0.25) is 0 Å². The molecule has 5 heteroatoms. The molecular weight excluding hydrogens is 283 g/mol. The van der Waals surface area contributed by atoms with Gasteiger partial charge in [-0.25, -0.2) is 4.39 Å². The molecular formula is C17H23FN2O2. The fourth-order valence-electron chi connectivity index (χ4n) is 2.98. The van der Waals surface area contributed by atoms with Gasteiger partial charge in [0, 0.05) is 20.0 Å². The highest BCUT2D eigenvalue weighted by Crippen LogP contribution is 2.36. The number of likely N-dealkylation sites (tertiary alicyclic amines) is 1. The van der Waals surface area contributed by atoms with Crippen molar-refractivity contribution in [3.63, 3.8) is 0 Å². The smallest absolute Gasteiger partial charge is 0.225 e. The Balaban J connectivity index is 2.22. The maximum Gasteiger partial charge on any atom is 0.225 e. The Bertz CT molecular complexity index is 547. The first kappa shape index (κ1) is 16.5. The average Bonchev–Trinajstić information content (AvgIpc) is 2.50. The number of nitrogens with zero attached hydrogens (tertiary/aromatic N) is 1. The van der Waals surface area contributed by atoms with Crippen LogP contribution in [-0.2, 0) is 9.59 Å². The molecule has 0 saturated carbocycles. The summed E-state index contributed by atoms with van der Waals surface area (Å²) in [5.41, 5.74) is 0.672. The highest BCUT2D eigenvalue weighted by molar-refractivity contribution is 5.84. The van der Waals surface area contributed by atoms with Crippen molar-refractivity contribution in [2.75, 3.05) is 13.6 Å². The largest absolute Gasteiger partial charge is 0.356 e. The Morgan fingerprint density at radius 2 is 2.23 bits per heavy atom. The zero-order chi connectivity index (χ0) is 16.1. The van der Waals surface area contributed by atoms with Crippen LogP contribution in [0.3, 0.4) is 0 Å². The first-order chi connectivity index (χ1) is 10.5. The zero-order valence-corrected chi connectivity index (χ0v) is 13.1. The van der Waals surface area contributed by atoms with Gasteiger partial charge in [0.1, 0.15) is 5.82 Å². The van der Waals surface area contributed by atoms with Gasteiger partial charge in [-0.15, -0.1) is 0 Å². The molecule has 1 heterocycles. The number of nitrogens with one attached hydrogen (secondary N) is 1. The predicted octanol–water partition coefficient (Wildman–Crippen LogP) is 2.65. The van der Waals surface area contributed by atoms with Crippen molar-refractivity contribution in [2.45, 2.75) is 38.6 Å². The van der Waals surface area contributed by atoms with E-state index in [9.17, 15) is 14.0 Å². The van der Waals surface area contributed by atoms with Crippen LogP contribution in [0.25, 0.3) is 0 Å². The van der Waals surface area contributed by atoms with Gasteiger partial charge in [0.15, 0.2) is 0 Å². The molecule has 1 fully saturated rings. The van der Waals surface area contributed by atoms with Gasteiger partial charge in [0.2, 0.25) is 11.8 Å². The first-order valence-electron chi connectivity index (χ1n) is 7.83. The van der Waals surface area contributed by atoms with E-state index in [-0.39, 0.29) is 23.5 Å². The van der Waals surface area contributed by atoms with Crippen LogP contribution in [0.1, 0.15) is 44.2 Å². The van der Waals surface area contributed by atoms with E-state index in [2.05, 4.69) is 12.2 Å². The third-order valence-electron chi connectivity index (χ3n) is 4.22. The van der Waals surface area contributed by atoms with E-state index in [0.717, 1.165) is 12.8 Å². The number of hydrogen-bond acceptors (Lipinski definition) is 2. The maximum absolute atomic E-state index is 13.5. The second kappa shape index (κ2) is 7.38. The van der Waals surface area contributed by atoms with Gasteiger partial charge in [0.05, 0.1) is 12.0 Å². The Kier molecular flexibility index (Phi) is 5.52. The van der Waals surface area contributed by atoms with Gasteiger partial charge in [-0.05, 0) is 30.5 Å². The molecule has 1 aliphatic rings. The van der Waals surface area contributed by atoms with Crippen molar-refractivity contribution in [2.24, 2.45) is 5.92 Å². The Morgan fingerprint density at radius 1 is 1.45 bits per heavy atom. The van der Waals surface area contributed by atoms with Gasteiger partial charge in [-0.1, -0.05) is 25.5 Å². The minimum atomic E-state index is -0.404. The Hall–Kier alpha value is -1.91. The van der Waals surface area contributed by atoms with Crippen molar-refractivity contribution in [1.29, 1.82) is 0 Å². The van der Waals surface area contributed by atoms with Crippen molar-refractivity contribution in [3.8, 4) is 0 Å². The number of benzene rings is 1. The molecule has 0 radical (unpaired) electrons. The lowest BCUT2D eigenvalue weighted by Crippen LogP contribution is -2.46. The highest BCUT2D eigenvalue weighted by Gasteiger charge is 2.38. The normalized spacial score (nSPS) is 21.8. The zero-order valence-electron chi connectivity index (χ0n) is 13.1. The van der Waals surface area contributed by atoms with Gasteiger partial charge < -0.3 is 10.2 Å². The molecule has 0 aromatic heterocycles. The molecule has 1 aromatic rings. The van der Waals surface area contributed by atoms with E-state index >= 15 is 0 Å². The van der Waals surface area contributed by atoms with E-state index in [1.54, 1.807) is 24.1 Å². The number of carbonyl (C=O) groups is 2. The van der Waals surface area contributed by atoms with E-state index in [1.807, 2.05) is 0 Å². The highest BCUT2D eigenvalue weighted by atomic mass is 19.1. The maximum atomic E-state index is 13.5. The van der Waals surface area contributed by atoms with E-state index in [1.165, 1.54) is 12.1 Å². The SMILES string of the molecule is CCCCNC(=O)[C@H]1CCC(=O)N(C)[C@@H]1c1cccc(F)c1. The topological polar surface area (TPSA) is 49.4 Å². The molecule has 0 aliphatic carbocycles. The summed E-state index contributed by atoms with van der Waals surface area (Å²) < 4.78 is 13.5. The first-order valence-corrected chi connectivity index (χ1v) is 7.83. The molecule has 0 bridgehead atoms. The Morgan fingerprint density at radius 3 is 2.91 bits per heavy atom. The van der Waals surface area contributed by atoms with Crippen LogP contribution in [0, 0.1) is 11.7 Å². The quantitative estimate of drug-likeness (QED) is 0.850. The molecule has 2 atom stereocenters. The lowest BCUT2D eigenvalue weighted by atomic mass is 9.84. The summed E-state index contributed by atoms with van der Waals surface area (Å²) in [6.45, 7) is 2.70. The number of rotatable bonds is 5. The molecule has 2 amide bonds. The molecule has 1 aliphatic heterocycles. The van der Waals surface area contributed by atoms with Crippen LogP contribution in [0.15, 0.2) is 24.3 Å². The summed E-state index contributed by atoms with van der Waals surface area (Å²) in [5, 5.41) is 2.93. The molecule has 1 aromatic carbocycles. The second-order valence-electron chi connectivity index (χ2n) is 5.79. The fourth-order valence-corrected chi connectivity index (χ4v) is 2.98. The minimum Gasteiger partial charge on any atom is -0.356 e. The number of carbonyl (C=O) groups excluding carboxylic acids is 2. The van der Waals surface area contributed by atoms with E-state index < -0.39 is 6.04 Å². The molecule has 1 N–H and O–H groups in total. The van der Waals surface area contributed by atoms with Crippen molar-refractivity contribution in [3.05, 3.63) is 35.6 Å². The van der Waals surface area contributed by atoms with Crippen LogP contribution >= 0.6 is 0 Å². The number of halogens is 1. The van der Waals surface area contributed by atoms with Crippen LogP contribution in [0.5, 0.6) is 0 Å². The summed E-state index contributed by atoms with van der Waals surface area (Å²) in [7, 11) is 1.68. The van der Waals surface area contributed by atoms with Gasteiger partial charge >= 0.3 is 0 Å². The third kappa shape index (κ3) is 3.64. The fraction of sp³-hybridized carbons (Fsp3) is 0.529. The molecule has 2 rings (SSSR count). The van der Waals surface area contributed by atoms with E-state index in [4.69, 9.17) is 0 Å². The number of amides is 2. The molecule has 4 nitrogen and oxygen atoms in total. The molecule has 0 spiro atoms. The third-order valence-corrected chi connectivity index (χ3v) is 4.22. The van der Waals surface area contributed by atoms with Crippen molar-refractivity contribution >= 4 is 11.8 Å². The van der Waals surface area contributed by atoms with Crippen molar-refractivity contribution in [1.82, 2.24) is 10.2 Å². The predicted molar refractivity (Wildman–Crippen MR) is 82.6 cm³/mol. The molecule has 1 saturated heterocycles. The summed E-state index contributed by atoms with van der Waals surface area (Å²) in [5.74, 6) is -0.746. The molecule has 22 heavy (non-hydrogen) atoms. The van der Waals surface area contributed by atoms with Gasteiger partial charge in [0.25, 0.3) is 0 Å². The summed E-state index contributed by atoms with van der Waals surface area (Å²) in [4.78, 5) is 26.0. The molecule has 120 valence electrons. The minimum absolute atomic E-state index is 0.00753. The van der Waals surface area contributed by atoms with E-state index in [0.29, 0.717) is 24.9 Å². The second-order valence-corrected chi connectivity index (χ2v) is 5.79. The summed E-state index contributed by atoms with van der Waals surface area (Å²) in [6.07, 6.45) is 2.80. The van der Waals surface area contributed by atoms with Gasteiger partial charge in [-0.3, -0.25) is 9.59 Å². The number of piperidine rings is 1. The Labute approximate surface area is 130 Å². The molecule has 0 unspecified atom stereocenters. The van der Waals surface area contributed by atoms with Crippen LogP contribution in [0.4, 0.5) is 4.39 Å². The standard InChI is InChI=1S/C17H23FN2O2/c1-3-4-10-19-17(22)14-8-9-15(21)20(2)16(14)12-6-5-7-13(18)11-12/h5-7,11,14,16H,3-4,8-10H2,1-2H3,(H,19,22)/t14-,16+/m0/s1. The lowest BCUT2D eigenvalue weighted by Gasteiger charge is -2.38. The number of hydrogen-bond donors (Lipinski definition) is 1. The summed E-state index contributed by atoms with van der Waals surface area (Å²) in [6, 6.07) is 5.76. The average molecular weight is 306 g/mol.